The third-order valence-electron chi connectivity index (χ3n) is 4.08. The fraction of sp³-hybridized carbons (Fsp3) is 0.0952. The molecule has 0 aliphatic rings. The molecule has 150 valence electrons. The lowest BCUT2D eigenvalue weighted by atomic mass is 10.2. The molecule has 3 aromatic rings. The molecular formula is C21H18BrFN2O3S. The van der Waals surface area contributed by atoms with Gasteiger partial charge in [0.25, 0.3) is 0 Å². The maximum absolute atomic E-state index is 13.3. The van der Waals surface area contributed by atoms with Crippen molar-refractivity contribution in [1.29, 1.82) is 0 Å². The van der Waals surface area contributed by atoms with Crippen LogP contribution < -0.4 is 5.32 Å². The van der Waals surface area contributed by atoms with Crippen LogP contribution in [0.5, 0.6) is 0 Å². The Morgan fingerprint density at radius 3 is 2.31 bits per heavy atom. The highest BCUT2D eigenvalue weighted by Gasteiger charge is 2.26. The van der Waals surface area contributed by atoms with Gasteiger partial charge in [-0.2, -0.15) is 4.31 Å². The number of anilines is 1. The molecular weight excluding hydrogens is 459 g/mol. The average Bonchev–Trinajstić information content (AvgIpc) is 2.70. The molecule has 0 aliphatic carbocycles. The van der Waals surface area contributed by atoms with Gasteiger partial charge in [0.05, 0.1) is 11.4 Å². The van der Waals surface area contributed by atoms with E-state index in [1.807, 2.05) is 0 Å². The Kier molecular flexibility index (Phi) is 6.79. The summed E-state index contributed by atoms with van der Waals surface area (Å²) in [5.41, 5.74) is 0.988. The largest absolute Gasteiger partial charge is 0.325 e. The summed E-state index contributed by atoms with van der Waals surface area (Å²) in [5, 5.41) is 2.54. The Morgan fingerprint density at radius 1 is 0.966 bits per heavy atom. The van der Waals surface area contributed by atoms with Gasteiger partial charge >= 0.3 is 0 Å². The van der Waals surface area contributed by atoms with E-state index >= 15 is 0 Å². The van der Waals surface area contributed by atoms with E-state index in [0.29, 0.717) is 0 Å². The maximum Gasteiger partial charge on any atom is 0.243 e. The van der Waals surface area contributed by atoms with Crippen molar-refractivity contribution >= 4 is 37.5 Å². The SMILES string of the molecule is O=C(CN(Cc1ccc(Br)cc1)S(=O)(=O)c1ccccc1)Nc1cccc(F)c1. The van der Waals surface area contributed by atoms with Crippen LogP contribution in [-0.4, -0.2) is 25.2 Å². The van der Waals surface area contributed by atoms with E-state index in [0.717, 1.165) is 14.3 Å². The first-order valence-electron chi connectivity index (χ1n) is 8.70. The Hall–Kier alpha value is -2.55. The molecule has 0 aromatic heterocycles. The number of hydrogen-bond donors (Lipinski definition) is 1. The highest BCUT2D eigenvalue weighted by molar-refractivity contribution is 9.10. The van der Waals surface area contributed by atoms with E-state index in [9.17, 15) is 17.6 Å². The summed E-state index contributed by atoms with van der Waals surface area (Å²) in [6.45, 7) is -0.398. The zero-order valence-corrected chi connectivity index (χ0v) is 17.7. The number of carbonyl (C=O) groups excluding carboxylic acids is 1. The number of carbonyl (C=O) groups is 1. The van der Waals surface area contributed by atoms with Crippen molar-refractivity contribution in [1.82, 2.24) is 4.31 Å². The lowest BCUT2D eigenvalue weighted by molar-refractivity contribution is -0.116. The molecule has 5 nitrogen and oxygen atoms in total. The minimum Gasteiger partial charge on any atom is -0.325 e. The Balaban J connectivity index is 1.85. The Morgan fingerprint density at radius 2 is 1.66 bits per heavy atom. The molecule has 0 bridgehead atoms. The average molecular weight is 477 g/mol. The zero-order valence-electron chi connectivity index (χ0n) is 15.3. The van der Waals surface area contributed by atoms with Crippen molar-refractivity contribution in [3.63, 3.8) is 0 Å². The summed E-state index contributed by atoms with van der Waals surface area (Å²) in [7, 11) is -3.92. The standard InChI is InChI=1S/C21H18BrFN2O3S/c22-17-11-9-16(10-12-17)14-25(29(27,28)20-7-2-1-3-8-20)15-21(26)24-19-6-4-5-18(23)13-19/h1-13H,14-15H2,(H,24,26). The van der Waals surface area contributed by atoms with Crippen LogP contribution in [0.3, 0.4) is 0 Å². The van der Waals surface area contributed by atoms with Gasteiger partial charge in [-0.15, -0.1) is 0 Å². The van der Waals surface area contributed by atoms with Crippen LogP contribution in [0.25, 0.3) is 0 Å². The molecule has 1 N–H and O–H groups in total. The molecule has 1 amide bonds. The Labute approximate surface area is 177 Å². The van der Waals surface area contributed by atoms with Crippen molar-refractivity contribution in [2.45, 2.75) is 11.4 Å². The molecule has 0 saturated heterocycles. The first kappa shape index (κ1) is 21.2. The molecule has 3 rings (SSSR count). The first-order chi connectivity index (χ1) is 13.8. The summed E-state index contributed by atoms with van der Waals surface area (Å²) >= 11 is 3.34. The summed E-state index contributed by atoms with van der Waals surface area (Å²) in [6, 6.07) is 20.5. The van der Waals surface area contributed by atoms with Gasteiger partial charge in [-0.3, -0.25) is 4.79 Å². The summed E-state index contributed by atoms with van der Waals surface area (Å²) in [5.74, 6) is -1.06. The minimum absolute atomic E-state index is 0.0150. The normalized spacial score (nSPS) is 11.4. The van der Waals surface area contributed by atoms with E-state index in [4.69, 9.17) is 0 Å². The smallest absolute Gasteiger partial charge is 0.243 e. The molecule has 8 heteroatoms. The summed E-state index contributed by atoms with van der Waals surface area (Å²) in [6.07, 6.45) is 0. The monoisotopic (exact) mass is 476 g/mol. The summed E-state index contributed by atoms with van der Waals surface area (Å²) < 4.78 is 41.6. The predicted molar refractivity (Wildman–Crippen MR) is 113 cm³/mol. The van der Waals surface area contributed by atoms with E-state index < -0.39 is 28.3 Å². The van der Waals surface area contributed by atoms with Crippen LogP contribution >= 0.6 is 15.9 Å². The second-order valence-corrected chi connectivity index (χ2v) is 9.12. The van der Waals surface area contributed by atoms with Gasteiger partial charge < -0.3 is 5.32 Å². The van der Waals surface area contributed by atoms with Gasteiger partial charge in [0, 0.05) is 16.7 Å². The van der Waals surface area contributed by atoms with Crippen molar-refractivity contribution in [2.75, 3.05) is 11.9 Å². The first-order valence-corrected chi connectivity index (χ1v) is 10.9. The lowest BCUT2D eigenvalue weighted by Crippen LogP contribution is -2.37. The second kappa shape index (κ2) is 9.30. The quantitative estimate of drug-likeness (QED) is 0.548. The number of hydrogen-bond acceptors (Lipinski definition) is 3. The van der Waals surface area contributed by atoms with Crippen LogP contribution in [0.4, 0.5) is 10.1 Å². The summed E-state index contributed by atoms with van der Waals surface area (Å²) in [4.78, 5) is 12.6. The van der Waals surface area contributed by atoms with E-state index in [2.05, 4.69) is 21.2 Å². The van der Waals surface area contributed by atoms with Crippen LogP contribution in [0.1, 0.15) is 5.56 Å². The molecule has 0 fully saturated rings. The van der Waals surface area contributed by atoms with Crippen molar-refractivity contribution in [3.05, 3.63) is 94.7 Å². The molecule has 0 radical (unpaired) electrons. The van der Waals surface area contributed by atoms with Crippen molar-refractivity contribution in [3.8, 4) is 0 Å². The van der Waals surface area contributed by atoms with Gasteiger partial charge in [-0.1, -0.05) is 52.3 Å². The molecule has 0 unspecified atom stereocenters. The van der Waals surface area contributed by atoms with Gasteiger partial charge in [0.2, 0.25) is 15.9 Å². The van der Waals surface area contributed by atoms with Crippen LogP contribution in [0, 0.1) is 5.82 Å². The zero-order chi connectivity index (χ0) is 20.9. The molecule has 0 heterocycles. The predicted octanol–water partition coefficient (Wildman–Crippen LogP) is 4.42. The molecule has 0 aliphatic heterocycles. The van der Waals surface area contributed by atoms with Crippen LogP contribution in [-0.2, 0) is 21.4 Å². The van der Waals surface area contributed by atoms with Gasteiger partial charge in [-0.25, -0.2) is 12.8 Å². The fourth-order valence-corrected chi connectivity index (χ4v) is 4.36. The van der Waals surface area contributed by atoms with Gasteiger partial charge in [0.15, 0.2) is 0 Å². The number of halogens is 2. The van der Waals surface area contributed by atoms with E-state index in [1.165, 1.54) is 36.4 Å². The number of nitrogens with one attached hydrogen (secondary N) is 1. The van der Waals surface area contributed by atoms with Crippen molar-refractivity contribution < 1.29 is 17.6 Å². The highest BCUT2D eigenvalue weighted by atomic mass is 79.9. The fourth-order valence-electron chi connectivity index (χ4n) is 2.69. The second-order valence-electron chi connectivity index (χ2n) is 6.27. The van der Waals surface area contributed by atoms with Crippen LogP contribution in [0.15, 0.2) is 88.2 Å². The molecule has 3 aromatic carbocycles. The number of nitrogens with zero attached hydrogens (tertiary/aromatic N) is 1. The molecule has 0 atom stereocenters. The molecule has 29 heavy (non-hydrogen) atoms. The topological polar surface area (TPSA) is 66.5 Å². The number of benzene rings is 3. The number of rotatable bonds is 7. The maximum atomic E-state index is 13.3. The third kappa shape index (κ3) is 5.72. The lowest BCUT2D eigenvalue weighted by Gasteiger charge is -2.22. The third-order valence-corrected chi connectivity index (χ3v) is 6.42. The van der Waals surface area contributed by atoms with Crippen molar-refractivity contribution in [2.24, 2.45) is 0 Å². The molecule has 0 saturated carbocycles. The Bertz CT molecular complexity index is 1090. The minimum atomic E-state index is -3.92. The van der Waals surface area contributed by atoms with E-state index in [1.54, 1.807) is 42.5 Å². The van der Waals surface area contributed by atoms with Gasteiger partial charge in [-0.05, 0) is 48.0 Å². The molecule has 0 spiro atoms. The number of sulfonamides is 1. The van der Waals surface area contributed by atoms with Gasteiger partial charge in [0.1, 0.15) is 5.82 Å². The number of amides is 1. The van der Waals surface area contributed by atoms with Crippen LogP contribution in [0.2, 0.25) is 0 Å². The highest BCUT2D eigenvalue weighted by Crippen LogP contribution is 2.20. The van der Waals surface area contributed by atoms with E-state index in [-0.39, 0.29) is 17.1 Å².